The summed E-state index contributed by atoms with van der Waals surface area (Å²) < 4.78 is 30.7. The summed E-state index contributed by atoms with van der Waals surface area (Å²) in [6, 6.07) is 10.6. The number of hydrogen-bond donors (Lipinski definition) is 0. The van der Waals surface area contributed by atoms with Gasteiger partial charge in [-0.2, -0.15) is 0 Å². The molecule has 0 unspecified atom stereocenters. The van der Waals surface area contributed by atoms with Crippen LogP contribution in [0.4, 0.5) is 5.69 Å². The van der Waals surface area contributed by atoms with Gasteiger partial charge in [0.15, 0.2) is 29.6 Å². The highest BCUT2D eigenvalue weighted by molar-refractivity contribution is 6.13. The van der Waals surface area contributed by atoms with Crippen molar-refractivity contribution in [2.45, 2.75) is 6.92 Å². The first-order valence-electron chi connectivity index (χ1n) is 10.1. The van der Waals surface area contributed by atoms with Gasteiger partial charge in [-0.1, -0.05) is 18.7 Å². The lowest BCUT2D eigenvalue weighted by Gasteiger charge is -2.33. The number of ether oxygens (including phenoxy) is 6. The van der Waals surface area contributed by atoms with Gasteiger partial charge in [-0.25, -0.2) is 4.79 Å². The van der Waals surface area contributed by atoms with Crippen LogP contribution in [-0.4, -0.2) is 60.1 Å². The van der Waals surface area contributed by atoms with Crippen LogP contribution >= 0.6 is 0 Å². The van der Waals surface area contributed by atoms with Crippen LogP contribution in [0.5, 0.6) is 28.7 Å². The van der Waals surface area contributed by atoms with Crippen LogP contribution < -0.4 is 28.6 Å². The zero-order valence-electron chi connectivity index (χ0n) is 19.5. The molecule has 178 valence electrons. The largest absolute Gasteiger partial charge is 0.493 e. The molecular weight excluding hydrogens is 430 g/mol. The summed E-state index contributed by atoms with van der Waals surface area (Å²) in [5.41, 5.74) is 1.31. The van der Waals surface area contributed by atoms with Gasteiger partial charge in [0.25, 0.3) is 5.91 Å². The number of amides is 1. The Morgan fingerprint density at radius 1 is 0.939 bits per heavy atom. The van der Waals surface area contributed by atoms with Crippen molar-refractivity contribution < 1.29 is 38.0 Å². The Hall–Kier alpha value is -3.88. The van der Waals surface area contributed by atoms with E-state index in [0.29, 0.717) is 53.2 Å². The van der Waals surface area contributed by atoms with Crippen LogP contribution in [0.15, 0.2) is 48.6 Å². The normalized spacial score (nSPS) is 12.1. The molecule has 0 bridgehead atoms. The Labute approximate surface area is 193 Å². The Morgan fingerprint density at radius 3 is 1.97 bits per heavy atom. The molecule has 3 rings (SSSR count). The van der Waals surface area contributed by atoms with Gasteiger partial charge in [-0.15, -0.1) is 0 Å². The van der Waals surface area contributed by atoms with Crippen molar-refractivity contribution in [3.8, 4) is 28.7 Å². The maximum atomic E-state index is 11.6. The van der Waals surface area contributed by atoms with Crippen molar-refractivity contribution >= 4 is 17.6 Å². The predicted molar refractivity (Wildman–Crippen MR) is 123 cm³/mol. The first kappa shape index (κ1) is 25.4. The predicted octanol–water partition coefficient (Wildman–Crippen LogP) is 3.25. The van der Waals surface area contributed by atoms with Crippen molar-refractivity contribution in [1.29, 1.82) is 0 Å². The highest BCUT2D eigenvalue weighted by Crippen LogP contribution is 2.42. The molecule has 2 aromatic carbocycles. The van der Waals surface area contributed by atoms with Gasteiger partial charge in [-0.3, -0.25) is 4.79 Å². The van der Waals surface area contributed by atoms with Gasteiger partial charge in [0.1, 0.15) is 0 Å². The highest BCUT2D eigenvalue weighted by Gasteiger charge is 2.31. The van der Waals surface area contributed by atoms with E-state index in [2.05, 4.69) is 6.58 Å². The number of nitrogens with zero attached hydrogens (tertiary/aromatic N) is 1. The zero-order chi connectivity index (χ0) is 24.4. The monoisotopic (exact) mass is 459 g/mol. The molecule has 1 aliphatic heterocycles. The van der Waals surface area contributed by atoms with E-state index in [4.69, 9.17) is 28.4 Å². The summed E-state index contributed by atoms with van der Waals surface area (Å²) in [5.74, 6) is 2.23. The Kier molecular flexibility index (Phi) is 9.41. The van der Waals surface area contributed by atoms with Gasteiger partial charge >= 0.3 is 5.97 Å². The van der Waals surface area contributed by atoms with E-state index in [1.807, 2.05) is 12.1 Å². The lowest BCUT2D eigenvalue weighted by Crippen LogP contribution is -2.45. The van der Waals surface area contributed by atoms with E-state index in [1.54, 1.807) is 43.2 Å². The molecule has 0 spiro atoms. The molecule has 0 aromatic heterocycles. The van der Waals surface area contributed by atoms with E-state index in [1.165, 1.54) is 21.3 Å². The molecule has 1 saturated heterocycles. The Bertz CT molecular complexity index is 963. The van der Waals surface area contributed by atoms with E-state index in [-0.39, 0.29) is 18.5 Å². The van der Waals surface area contributed by atoms with Crippen molar-refractivity contribution in [3.63, 3.8) is 0 Å². The van der Waals surface area contributed by atoms with Crippen LogP contribution in [-0.2, 0) is 14.3 Å². The van der Waals surface area contributed by atoms with Crippen molar-refractivity contribution in [2.75, 3.05) is 53.1 Å². The molecule has 0 N–H and O–H groups in total. The van der Waals surface area contributed by atoms with Crippen LogP contribution in [0.3, 0.4) is 0 Å². The maximum absolute atomic E-state index is 11.6. The number of carbonyl (C=O) groups is 2. The average Bonchev–Trinajstić information content (AvgIpc) is 2.85. The number of hydrogen-bond acceptors (Lipinski definition) is 8. The molecule has 0 atom stereocenters. The minimum atomic E-state index is -0.386. The third-order valence-electron chi connectivity index (χ3n) is 4.58. The van der Waals surface area contributed by atoms with E-state index >= 15 is 0 Å². The molecule has 0 radical (unpaired) electrons. The number of methoxy groups -OCH3 is 4. The zero-order valence-corrected chi connectivity index (χ0v) is 19.5. The Morgan fingerprint density at radius 2 is 1.52 bits per heavy atom. The summed E-state index contributed by atoms with van der Waals surface area (Å²) in [6.45, 7) is 6.19. The summed E-state index contributed by atoms with van der Waals surface area (Å²) in [5, 5.41) is 0. The van der Waals surface area contributed by atoms with Crippen LogP contribution in [0.25, 0.3) is 0 Å². The number of β-lactam (4-membered cyclic amide) rings is 1. The first-order valence-corrected chi connectivity index (χ1v) is 10.1. The number of benzene rings is 2. The van der Waals surface area contributed by atoms with Crippen molar-refractivity contribution in [3.05, 3.63) is 48.6 Å². The second-order valence-corrected chi connectivity index (χ2v) is 6.62. The molecule has 0 saturated carbocycles. The van der Waals surface area contributed by atoms with Gasteiger partial charge in [-0.05, 0) is 19.1 Å². The van der Waals surface area contributed by atoms with Crippen LogP contribution in [0, 0.1) is 0 Å². The lowest BCUT2D eigenvalue weighted by molar-refractivity contribution is -0.145. The van der Waals surface area contributed by atoms with E-state index < -0.39 is 0 Å². The smallest absolute Gasteiger partial charge is 0.344 e. The maximum Gasteiger partial charge on any atom is 0.344 e. The standard InChI is InChI=1S/C13H15NO4.C11H14O4/c1-8-7-14(13(8)15)9-5-10(16-2)12(18-4)11(6-9)17-3;1-3-14-11(12)8-15-10-7-5-4-6-9(10)13-2/h5-6H,1,7H2,2-4H3;4-7H,3,8H2,1-2H3. The molecule has 9 nitrogen and oxygen atoms in total. The molecule has 0 aliphatic carbocycles. The van der Waals surface area contributed by atoms with E-state index in [9.17, 15) is 9.59 Å². The quantitative estimate of drug-likeness (QED) is 0.321. The topological polar surface area (TPSA) is 92.8 Å². The molecule has 9 heteroatoms. The number of esters is 1. The molecule has 33 heavy (non-hydrogen) atoms. The van der Waals surface area contributed by atoms with Crippen LogP contribution in [0.1, 0.15) is 6.92 Å². The average molecular weight is 459 g/mol. The summed E-state index contributed by atoms with van der Waals surface area (Å²) >= 11 is 0. The molecule has 1 aliphatic rings. The highest BCUT2D eigenvalue weighted by atomic mass is 16.6. The van der Waals surface area contributed by atoms with Crippen LogP contribution in [0.2, 0.25) is 0 Å². The van der Waals surface area contributed by atoms with Gasteiger partial charge in [0, 0.05) is 17.7 Å². The minimum Gasteiger partial charge on any atom is -0.493 e. The van der Waals surface area contributed by atoms with Gasteiger partial charge in [0.2, 0.25) is 5.75 Å². The third kappa shape index (κ3) is 6.31. The SMILES string of the molecule is C=C1CN(c2cc(OC)c(OC)c(OC)c2)C1=O.CCOC(=O)COc1ccccc1OC. The van der Waals surface area contributed by atoms with Crippen molar-refractivity contribution in [1.82, 2.24) is 0 Å². The second kappa shape index (κ2) is 12.2. The lowest BCUT2D eigenvalue weighted by atomic mass is 10.1. The molecule has 1 amide bonds. The second-order valence-electron chi connectivity index (χ2n) is 6.62. The van der Waals surface area contributed by atoms with E-state index in [0.717, 1.165) is 0 Å². The van der Waals surface area contributed by atoms with Gasteiger partial charge in [0.05, 0.1) is 47.3 Å². The summed E-state index contributed by atoms with van der Waals surface area (Å²) in [7, 11) is 6.17. The number of rotatable bonds is 9. The van der Waals surface area contributed by atoms with Crippen molar-refractivity contribution in [2.24, 2.45) is 0 Å². The minimum absolute atomic E-state index is 0.0794. The number of para-hydroxylation sites is 2. The molecule has 1 heterocycles. The third-order valence-corrected chi connectivity index (χ3v) is 4.58. The molecular formula is C24H29NO8. The molecule has 1 fully saturated rings. The summed E-state index contributed by atoms with van der Waals surface area (Å²) in [4.78, 5) is 24.3. The van der Waals surface area contributed by atoms with Gasteiger partial charge < -0.3 is 33.3 Å². The fraction of sp³-hybridized carbons (Fsp3) is 0.333. The Balaban J connectivity index is 0.000000238. The summed E-state index contributed by atoms with van der Waals surface area (Å²) in [6.07, 6.45) is 0. The first-order chi connectivity index (χ1) is 15.9. The molecule has 2 aromatic rings. The number of carbonyl (C=O) groups excluding carboxylic acids is 2. The fourth-order valence-electron chi connectivity index (χ4n) is 2.94. The number of anilines is 1. The fourth-order valence-corrected chi connectivity index (χ4v) is 2.94.